The molecule has 0 aromatic carbocycles. The molecule has 3 atom stereocenters. The van der Waals surface area contributed by atoms with Gasteiger partial charge in [-0.1, -0.05) is 0 Å². The standard InChI is InChI=1S/C16H16F5N5O2/c1-25-6-7(9-5-10(16(19,20)21)26(2)24-9)12(15(25)28)14(27)22-8-3-4-11(17)23-13(8)18/h3-5,7,12,15,28H,6H2,1-2H3,(H,22,27)/t7-,12+,15?/m1/s1. The number of aromatic nitrogens is 3. The van der Waals surface area contributed by atoms with Crippen LogP contribution in [0.5, 0.6) is 0 Å². The van der Waals surface area contributed by atoms with Crippen LogP contribution in [0.3, 0.4) is 0 Å². The molecule has 1 aliphatic heterocycles. The molecular formula is C16H16F5N5O2. The number of amides is 1. The third-order valence-corrected chi connectivity index (χ3v) is 4.64. The zero-order chi connectivity index (χ0) is 20.8. The first-order valence-corrected chi connectivity index (χ1v) is 8.11. The summed E-state index contributed by atoms with van der Waals surface area (Å²) in [6.07, 6.45) is -5.97. The summed E-state index contributed by atoms with van der Waals surface area (Å²) in [4.78, 5) is 17.0. The number of halogens is 5. The van der Waals surface area contributed by atoms with Gasteiger partial charge in [-0.05, 0) is 25.2 Å². The minimum Gasteiger partial charge on any atom is -0.378 e. The number of carbonyl (C=O) groups is 1. The van der Waals surface area contributed by atoms with Gasteiger partial charge in [-0.2, -0.15) is 32.0 Å². The second-order valence-electron chi connectivity index (χ2n) is 6.52. The molecule has 1 amide bonds. The summed E-state index contributed by atoms with van der Waals surface area (Å²) in [5.41, 5.74) is -1.44. The van der Waals surface area contributed by atoms with Gasteiger partial charge in [-0.15, -0.1) is 0 Å². The van der Waals surface area contributed by atoms with Crippen molar-refractivity contribution in [2.45, 2.75) is 18.3 Å². The van der Waals surface area contributed by atoms with E-state index in [0.29, 0.717) is 4.68 Å². The first-order chi connectivity index (χ1) is 13.0. The second kappa shape index (κ2) is 7.09. The number of likely N-dealkylation sites (tertiary alicyclic amines) is 1. The number of anilines is 1. The van der Waals surface area contributed by atoms with E-state index in [1.54, 1.807) is 0 Å². The Balaban J connectivity index is 1.90. The number of hydrogen-bond donors (Lipinski definition) is 2. The summed E-state index contributed by atoms with van der Waals surface area (Å²) >= 11 is 0. The zero-order valence-electron chi connectivity index (χ0n) is 14.7. The van der Waals surface area contributed by atoms with Gasteiger partial charge in [0.2, 0.25) is 17.8 Å². The molecule has 1 fully saturated rings. The highest BCUT2D eigenvalue weighted by Gasteiger charge is 2.46. The Morgan fingerprint density at radius 1 is 1.29 bits per heavy atom. The number of nitrogens with zero attached hydrogens (tertiary/aromatic N) is 4. The fraction of sp³-hybridized carbons (Fsp3) is 0.438. The predicted octanol–water partition coefficient (Wildman–Crippen LogP) is 1.71. The fourth-order valence-electron chi connectivity index (χ4n) is 3.27. The van der Waals surface area contributed by atoms with Crippen LogP contribution in [0.4, 0.5) is 27.6 Å². The number of alkyl halides is 3. The predicted molar refractivity (Wildman–Crippen MR) is 85.9 cm³/mol. The molecule has 1 saturated heterocycles. The number of nitrogens with one attached hydrogen (secondary N) is 1. The van der Waals surface area contributed by atoms with Crippen molar-refractivity contribution >= 4 is 11.6 Å². The minimum atomic E-state index is -4.64. The number of rotatable bonds is 3. The second-order valence-corrected chi connectivity index (χ2v) is 6.52. The lowest BCUT2D eigenvalue weighted by Gasteiger charge is -2.20. The first kappa shape index (κ1) is 20.1. The van der Waals surface area contributed by atoms with Gasteiger partial charge >= 0.3 is 6.18 Å². The minimum absolute atomic E-state index is 0.0314. The number of carbonyl (C=O) groups excluding carboxylic acids is 1. The van der Waals surface area contributed by atoms with Crippen molar-refractivity contribution in [2.24, 2.45) is 13.0 Å². The molecule has 28 heavy (non-hydrogen) atoms. The average molecular weight is 405 g/mol. The van der Waals surface area contributed by atoms with Gasteiger partial charge in [-0.25, -0.2) is 0 Å². The van der Waals surface area contributed by atoms with Gasteiger partial charge < -0.3 is 10.4 Å². The van der Waals surface area contributed by atoms with Crippen LogP contribution in [0.1, 0.15) is 17.3 Å². The largest absolute Gasteiger partial charge is 0.433 e. The van der Waals surface area contributed by atoms with E-state index in [4.69, 9.17) is 0 Å². The topological polar surface area (TPSA) is 83.3 Å². The Morgan fingerprint density at radius 2 is 1.96 bits per heavy atom. The molecule has 7 nitrogen and oxygen atoms in total. The molecule has 12 heteroatoms. The molecule has 152 valence electrons. The Labute approximate surface area is 155 Å². The van der Waals surface area contributed by atoms with Crippen LogP contribution in [-0.4, -0.2) is 50.5 Å². The molecule has 3 heterocycles. The number of aliphatic hydroxyl groups excluding tert-OH is 1. The van der Waals surface area contributed by atoms with Crippen molar-refractivity contribution in [3.63, 3.8) is 0 Å². The molecular weight excluding hydrogens is 389 g/mol. The smallest absolute Gasteiger partial charge is 0.378 e. The lowest BCUT2D eigenvalue weighted by Crippen LogP contribution is -2.36. The van der Waals surface area contributed by atoms with E-state index in [-0.39, 0.29) is 12.2 Å². The van der Waals surface area contributed by atoms with Crippen LogP contribution in [0.25, 0.3) is 0 Å². The molecule has 0 spiro atoms. The molecule has 0 aliphatic carbocycles. The highest BCUT2D eigenvalue weighted by atomic mass is 19.4. The van der Waals surface area contributed by atoms with Crippen LogP contribution < -0.4 is 5.32 Å². The quantitative estimate of drug-likeness (QED) is 0.600. The van der Waals surface area contributed by atoms with E-state index >= 15 is 0 Å². The molecule has 2 aromatic heterocycles. The van der Waals surface area contributed by atoms with Gasteiger partial charge in [-0.3, -0.25) is 14.4 Å². The first-order valence-electron chi connectivity index (χ1n) is 8.11. The third kappa shape index (κ3) is 3.69. The van der Waals surface area contributed by atoms with Crippen molar-refractivity contribution in [3.8, 4) is 0 Å². The van der Waals surface area contributed by atoms with Crippen LogP contribution in [0.15, 0.2) is 18.2 Å². The van der Waals surface area contributed by atoms with Gasteiger partial charge in [0.15, 0.2) is 0 Å². The van der Waals surface area contributed by atoms with Crippen LogP contribution >= 0.6 is 0 Å². The molecule has 0 radical (unpaired) electrons. The van der Waals surface area contributed by atoms with Crippen LogP contribution in [0.2, 0.25) is 0 Å². The summed E-state index contributed by atoms with van der Waals surface area (Å²) in [6.45, 7) is 0.0533. The molecule has 0 bridgehead atoms. The van der Waals surface area contributed by atoms with Crippen molar-refractivity contribution < 1.29 is 31.9 Å². The summed E-state index contributed by atoms with van der Waals surface area (Å²) in [7, 11) is 2.61. The Bertz CT molecular complexity index is 900. The molecule has 2 N–H and O–H groups in total. The van der Waals surface area contributed by atoms with Crippen molar-refractivity contribution in [2.75, 3.05) is 18.9 Å². The average Bonchev–Trinajstić information content (AvgIpc) is 3.11. The third-order valence-electron chi connectivity index (χ3n) is 4.64. The van der Waals surface area contributed by atoms with Gasteiger partial charge in [0.05, 0.1) is 17.3 Å². The van der Waals surface area contributed by atoms with Gasteiger partial charge in [0, 0.05) is 19.5 Å². The number of aliphatic hydroxyl groups is 1. The van der Waals surface area contributed by atoms with E-state index in [1.807, 2.05) is 0 Å². The molecule has 1 aliphatic rings. The Kier molecular flexibility index (Phi) is 5.10. The monoisotopic (exact) mass is 405 g/mol. The summed E-state index contributed by atoms with van der Waals surface area (Å²) in [5.74, 6) is -5.30. The van der Waals surface area contributed by atoms with E-state index < -0.39 is 53.4 Å². The van der Waals surface area contributed by atoms with Crippen molar-refractivity contribution in [1.82, 2.24) is 19.7 Å². The van der Waals surface area contributed by atoms with Crippen molar-refractivity contribution in [1.29, 1.82) is 0 Å². The molecule has 2 aromatic rings. The summed E-state index contributed by atoms with van der Waals surface area (Å²) < 4.78 is 66.4. The fourth-order valence-corrected chi connectivity index (χ4v) is 3.27. The maximum atomic E-state index is 13.7. The number of pyridine rings is 1. The maximum Gasteiger partial charge on any atom is 0.433 e. The number of hydrogen-bond acceptors (Lipinski definition) is 5. The zero-order valence-corrected chi connectivity index (χ0v) is 14.7. The molecule has 3 rings (SSSR count). The highest BCUT2D eigenvalue weighted by Crippen LogP contribution is 2.38. The number of aryl methyl sites for hydroxylation is 1. The SMILES string of the molecule is CN1C[C@H](c2cc(C(F)(F)F)n(C)n2)[C@@H](C(=O)Nc2ccc(F)nc2F)C1O. The lowest BCUT2D eigenvalue weighted by molar-refractivity contribution is -0.143. The highest BCUT2D eigenvalue weighted by molar-refractivity contribution is 5.93. The molecule has 1 unspecified atom stereocenters. The van der Waals surface area contributed by atoms with Crippen LogP contribution in [0, 0.1) is 17.8 Å². The summed E-state index contributed by atoms with van der Waals surface area (Å²) in [6, 6.07) is 2.61. The van der Waals surface area contributed by atoms with E-state index in [2.05, 4.69) is 15.4 Å². The van der Waals surface area contributed by atoms with Crippen molar-refractivity contribution in [3.05, 3.63) is 41.5 Å². The van der Waals surface area contributed by atoms with E-state index in [9.17, 15) is 31.9 Å². The normalized spacial score (nSPS) is 23.2. The van der Waals surface area contributed by atoms with E-state index in [0.717, 1.165) is 25.2 Å². The Hall–Kier alpha value is -2.60. The van der Waals surface area contributed by atoms with Gasteiger partial charge in [0.1, 0.15) is 11.9 Å². The number of likely N-dealkylation sites (N-methyl/N-ethyl adjacent to an activating group) is 1. The van der Waals surface area contributed by atoms with Gasteiger partial charge in [0.25, 0.3) is 0 Å². The lowest BCUT2D eigenvalue weighted by atomic mass is 9.90. The maximum absolute atomic E-state index is 13.7. The van der Waals surface area contributed by atoms with Crippen LogP contribution in [-0.2, 0) is 18.0 Å². The van der Waals surface area contributed by atoms with E-state index in [1.165, 1.54) is 11.9 Å². The molecule has 0 saturated carbocycles. The summed E-state index contributed by atoms with van der Waals surface area (Å²) in [5, 5.41) is 16.4. The Morgan fingerprint density at radius 3 is 2.54 bits per heavy atom.